The van der Waals surface area contributed by atoms with Gasteiger partial charge in [0.2, 0.25) is 0 Å². The third kappa shape index (κ3) is 5.94. The van der Waals surface area contributed by atoms with Gasteiger partial charge in [-0.15, -0.1) is 0 Å². The molecule has 0 aromatic rings. The second-order valence-electron chi connectivity index (χ2n) is 0.872. The molecule has 0 fully saturated rings. The van der Waals surface area contributed by atoms with Crippen molar-refractivity contribution >= 4 is 28.6 Å². The minimum absolute atomic E-state index is 0.284. The van der Waals surface area contributed by atoms with Gasteiger partial charge in [0, 0.05) is 11.0 Å². The zero-order chi connectivity index (χ0) is 5.70. The molecule has 0 aliphatic rings. The molecule has 0 aromatic heterocycles. The van der Waals surface area contributed by atoms with Crippen molar-refractivity contribution in [2.24, 2.45) is 0 Å². The first kappa shape index (κ1) is 6.94. The maximum atomic E-state index is 9.93. The molecule has 0 N–H and O–H groups in total. The van der Waals surface area contributed by atoms with Crippen molar-refractivity contribution in [1.29, 1.82) is 0 Å². The molecule has 0 aliphatic heterocycles. The van der Waals surface area contributed by atoms with Crippen LogP contribution < -0.4 is 0 Å². The molecule has 0 atom stereocenters. The molecule has 0 radical (unpaired) electrons. The second-order valence-corrected chi connectivity index (χ2v) is 1.59. The standard InChI is InChI=1S/C4H5IO2/c1-4(6)7-3-2-5/h2-3H,1H3/b3-2+. The minimum Gasteiger partial charge on any atom is -0.434 e. The molecule has 0 unspecified atom stereocenters. The summed E-state index contributed by atoms with van der Waals surface area (Å²) in [5, 5.41) is 0. The first-order chi connectivity index (χ1) is 3.27. The van der Waals surface area contributed by atoms with Crippen molar-refractivity contribution < 1.29 is 9.53 Å². The molecule has 0 bridgehead atoms. The molecular weight excluding hydrogens is 207 g/mol. The third-order valence-corrected chi connectivity index (χ3v) is 0.579. The number of carbonyl (C=O) groups excluding carboxylic acids is 1. The van der Waals surface area contributed by atoms with Crippen LogP contribution in [0.2, 0.25) is 0 Å². The first-order valence-corrected chi connectivity index (χ1v) is 2.94. The van der Waals surface area contributed by atoms with E-state index in [9.17, 15) is 4.79 Å². The molecule has 2 nitrogen and oxygen atoms in total. The normalized spacial score (nSPS) is 9.43. The van der Waals surface area contributed by atoms with E-state index in [0.717, 1.165) is 0 Å². The van der Waals surface area contributed by atoms with Crippen molar-refractivity contribution in [1.82, 2.24) is 0 Å². The second kappa shape index (κ2) is 4.11. The fourth-order valence-corrected chi connectivity index (χ4v) is 0.268. The van der Waals surface area contributed by atoms with Crippen LogP contribution >= 0.6 is 22.6 Å². The summed E-state index contributed by atoms with van der Waals surface area (Å²) in [6.07, 6.45) is 1.34. The summed E-state index contributed by atoms with van der Waals surface area (Å²) in [5.41, 5.74) is 0. The summed E-state index contributed by atoms with van der Waals surface area (Å²) < 4.78 is 5.99. The van der Waals surface area contributed by atoms with Gasteiger partial charge in [0.05, 0.1) is 0 Å². The smallest absolute Gasteiger partial charge is 0.307 e. The Morgan fingerprint density at radius 1 is 1.86 bits per heavy atom. The quantitative estimate of drug-likeness (QED) is 0.373. The number of ether oxygens (including phenoxy) is 1. The molecule has 0 heterocycles. The summed E-state index contributed by atoms with van der Waals surface area (Å²) in [6, 6.07) is 0. The summed E-state index contributed by atoms with van der Waals surface area (Å²) >= 11 is 1.96. The highest BCUT2D eigenvalue weighted by molar-refractivity contribution is 14.1. The van der Waals surface area contributed by atoms with Crippen LogP contribution in [-0.4, -0.2) is 5.97 Å². The van der Waals surface area contributed by atoms with Crippen molar-refractivity contribution in [3.63, 3.8) is 0 Å². The zero-order valence-electron chi connectivity index (χ0n) is 3.85. The molecule has 0 spiro atoms. The summed E-state index contributed by atoms with van der Waals surface area (Å²) in [4.78, 5) is 9.93. The van der Waals surface area contributed by atoms with Gasteiger partial charge < -0.3 is 4.74 Å². The first-order valence-electron chi connectivity index (χ1n) is 1.70. The number of esters is 1. The van der Waals surface area contributed by atoms with Crippen LogP contribution in [0, 0.1) is 0 Å². The lowest BCUT2D eigenvalue weighted by atomic mass is 10.8. The number of rotatable bonds is 1. The maximum absolute atomic E-state index is 9.93. The number of halogens is 1. The van der Waals surface area contributed by atoms with Gasteiger partial charge in [0.1, 0.15) is 6.26 Å². The monoisotopic (exact) mass is 212 g/mol. The molecular formula is C4H5IO2. The molecule has 0 saturated carbocycles. The summed E-state index contributed by atoms with van der Waals surface area (Å²) in [6.45, 7) is 1.36. The molecule has 0 aliphatic carbocycles. The van der Waals surface area contributed by atoms with Crippen LogP contribution in [0.3, 0.4) is 0 Å². The Morgan fingerprint density at radius 2 is 2.43 bits per heavy atom. The molecule has 0 saturated heterocycles. The van der Waals surface area contributed by atoms with Crippen LogP contribution in [0.15, 0.2) is 10.3 Å². The Kier molecular flexibility index (Phi) is 4.07. The Hall–Kier alpha value is -0.0600. The largest absolute Gasteiger partial charge is 0.434 e. The highest BCUT2D eigenvalue weighted by Gasteiger charge is 1.80. The van der Waals surface area contributed by atoms with Crippen molar-refractivity contribution in [3.05, 3.63) is 10.3 Å². The Bertz CT molecular complexity index is 87.7. The van der Waals surface area contributed by atoms with Crippen LogP contribution in [0.4, 0.5) is 0 Å². The van der Waals surface area contributed by atoms with E-state index in [1.807, 2.05) is 22.6 Å². The summed E-state index contributed by atoms with van der Waals surface area (Å²) in [7, 11) is 0. The predicted octanol–water partition coefficient (Wildman–Crippen LogP) is 1.46. The van der Waals surface area contributed by atoms with Gasteiger partial charge in [-0.1, -0.05) is 0 Å². The van der Waals surface area contributed by atoms with E-state index >= 15 is 0 Å². The van der Waals surface area contributed by atoms with E-state index in [-0.39, 0.29) is 5.97 Å². The van der Waals surface area contributed by atoms with Crippen LogP contribution in [0.5, 0.6) is 0 Å². The van der Waals surface area contributed by atoms with E-state index in [1.54, 1.807) is 4.08 Å². The van der Waals surface area contributed by atoms with E-state index in [0.29, 0.717) is 0 Å². The average molecular weight is 212 g/mol. The average Bonchev–Trinajstić information content (AvgIpc) is 1.61. The predicted molar refractivity (Wildman–Crippen MR) is 34.9 cm³/mol. The van der Waals surface area contributed by atoms with Crippen molar-refractivity contribution in [2.75, 3.05) is 0 Å². The van der Waals surface area contributed by atoms with Crippen LogP contribution in [0.25, 0.3) is 0 Å². The molecule has 3 heteroatoms. The highest BCUT2D eigenvalue weighted by Crippen LogP contribution is 1.84. The lowest BCUT2D eigenvalue weighted by molar-refractivity contribution is -0.135. The minimum atomic E-state index is -0.284. The zero-order valence-corrected chi connectivity index (χ0v) is 6.01. The van der Waals surface area contributed by atoms with Crippen molar-refractivity contribution in [2.45, 2.75) is 6.92 Å². The topological polar surface area (TPSA) is 26.3 Å². The Labute approximate surface area is 55.7 Å². The fourth-order valence-electron chi connectivity index (χ4n) is 0.122. The number of carbonyl (C=O) groups is 1. The molecule has 40 valence electrons. The molecule has 0 amide bonds. The van der Waals surface area contributed by atoms with Crippen LogP contribution in [0.1, 0.15) is 6.92 Å². The van der Waals surface area contributed by atoms with Gasteiger partial charge in [-0.2, -0.15) is 0 Å². The van der Waals surface area contributed by atoms with Gasteiger partial charge in [0.25, 0.3) is 0 Å². The highest BCUT2D eigenvalue weighted by atomic mass is 127. The van der Waals surface area contributed by atoms with E-state index in [4.69, 9.17) is 0 Å². The molecule has 0 rings (SSSR count). The number of hydrogen-bond acceptors (Lipinski definition) is 2. The van der Waals surface area contributed by atoms with Gasteiger partial charge in [0.15, 0.2) is 0 Å². The van der Waals surface area contributed by atoms with E-state index < -0.39 is 0 Å². The van der Waals surface area contributed by atoms with Gasteiger partial charge >= 0.3 is 5.97 Å². The Balaban J connectivity index is 3.14. The lowest BCUT2D eigenvalue weighted by Gasteiger charge is -1.84. The van der Waals surface area contributed by atoms with E-state index in [1.165, 1.54) is 13.2 Å². The van der Waals surface area contributed by atoms with Gasteiger partial charge in [-0.3, -0.25) is 4.79 Å². The SMILES string of the molecule is CC(=O)O/C=C/I. The maximum Gasteiger partial charge on any atom is 0.307 e. The Morgan fingerprint density at radius 3 is 2.57 bits per heavy atom. The van der Waals surface area contributed by atoms with Crippen LogP contribution in [-0.2, 0) is 9.53 Å². The third-order valence-electron chi connectivity index (χ3n) is 0.285. The van der Waals surface area contributed by atoms with Gasteiger partial charge in [-0.05, 0) is 22.6 Å². The fraction of sp³-hybridized carbons (Fsp3) is 0.250. The molecule has 7 heavy (non-hydrogen) atoms. The van der Waals surface area contributed by atoms with E-state index in [2.05, 4.69) is 4.74 Å². The summed E-state index contributed by atoms with van der Waals surface area (Å²) in [5.74, 6) is -0.284. The lowest BCUT2D eigenvalue weighted by Crippen LogP contribution is -1.88. The number of hydrogen-bond donors (Lipinski definition) is 0. The van der Waals surface area contributed by atoms with Crippen molar-refractivity contribution in [3.8, 4) is 0 Å². The molecule has 0 aromatic carbocycles. The van der Waals surface area contributed by atoms with Gasteiger partial charge in [-0.25, -0.2) is 0 Å².